The molecule has 0 aliphatic rings. The van der Waals surface area contributed by atoms with Crippen LogP contribution in [0.2, 0.25) is 5.02 Å². The fourth-order valence-corrected chi connectivity index (χ4v) is 4.79. The first kappa shape index (κ1) is 26.2. The van der Waals surface area contributed by atoms with Crippen LogP contribution >= 0.6 is 11.6 Å². The van der Waals surface area contributed by atoms with Gasteiger partial charge in [0.2, 0.25) is 0 Å². The number of hydrogen-bond donors (Lipinski definition) is 2. The van der Waals surface area contributed by atoms with Crippen molar-refractivity contribution in [1.82, 2.24) is 5.16 Å². The van der Waals surface area contributed by atoms with E-state index < -0.39 is 33.5 Å². The summed E-state index contributed by atoms with van der Waals surface area (Å²) in [6.07, 6.45) is -4.66. The molecule has 4 rings (SSSR count). The van der Waals surface area contributed by atoms with Gasteiger partial charge < -0.3 is 9.84 Å². The lowest BCUT2D eigenvalue weighted by Crippen LogP contribution is -2.16. The largest absolute Gasteiger partial charge is 0.416 e. The van der Waals surface area contributed by atoms with Crippen molar-refractivity contribution >= 4 is 38.9 Å². The number of sulfonamides is 1. The monoisotopic (exact) mass is 553 g/mol. The van der Waals surface area contributed by atoms with Crippen molar-refractivity contribution in [2.75, 3.05) is 10.0 Å². The Labute approximate surface area is 213 Å². The van der Waals surface area contributed by atoms with Gasteiger partial charge in [0.15, 0.2) is 0 Å². The molecule has 0 atom stereocenters. The van der Waals surface area contributed by atoms with Crippen molar-refractivity contribution in [3.63, 3.8) is 0 Å². The Morgan fingerprint density at radius 2 is 1.68 bits per heavy atom. The molecular weight excluding hydrogens is 538 g/mol. The Balaban J connectivity index is 1.61. The van der Waals surface area contributed by atoms with Crippen LogP contribution in [0, 0.1) is 12.7 Å². The van der Waals surface area contributed by atoms with Crippen molar-refractivity contribution < 1.29 is 35.3 Å². The van der Waals surface area contributed by atoms with Crippen molar-refractivity contribution in [3.8, 4) is 11.3 Å². The SMILES string of the molecule is Cc1onc(-c2c(F)cccc2Cl)c1C(=O)Nc1cccc(S(=O)(=O)Nc2cccc(C(F)(F)F)c2)c1. The number of aromatic nitrogens is 1. The first-order valence-electron chi connectivity index (χ1n) is 10.4. The molecule has 4 aromatic rings. The molecular formula is C24H16ClF4N3O4S. The molecule has 0 unspecified atom stereocenters. The van der Waals surface area contributed by atoms with E-state index >= 15 is 0 Å². The van der Waals surface area contributed by atoms with E-state index in [0.29, 0.717) is 6.07 Å². The number of carbonyl (C=O) groups is 1. The number of benzene rings is 3. The fraction of sp³-hybridized carbons (Fsp3) is 0.0833. The highest BCUT2D eigenvalue weighted by molar-refractivity contribution is 7.92. The van der Waals surface area contributed by atoms with Crippen LogP contribution in [-0.2, 0) is 16.2 Å². The average molecular weight is 554 g/mol. The quantitative estimate of drug-likeness (QED) is 0.265. The molecule has 7 nitrogen and oxygen atoms in total. The van der Waals surface area contributed by atoms with Crippen molar-refractivity contribution in [3.05, 3.63) is 94.5 Å². The lowest BCUT2D eigenvalue weighted by molar-refractivity contribution is -0.137. The van der Waals surface area contributed by atoms with Crippen molar-refractivity contribution in [1.29, 1.82) is 0 Å². The van der Waals surface area contributed by atoms with Crippen LogP contribution in [0.5, 0.6) is 0 Å². The highest BCUT2D eigenvalue weighted by atomic mass is 35.5. The Bertz CT molecular complexity index is 1580. The Morgan fingerprint density at radius 1 is 1.00 bits per heavy atom. The first-order valence-corrected chi connectivity index (χ1v) is 12.2. The molecule has 0 saturated carbocycles. The molecule has 1 heterocycles. The summed E-state index contributed by atoms with van der Waals surface area (Å²) in [5, 5.41) is 6.24. The molecule has 1 aromatic heterocycles. The smallest absolute Gasteiger partial charge is 0.360 e. The summed E-state index contributed by atoms with van der Waals surface area (Å²) in [7, 11) is -4.32. The van der Waals surface area contributed by atoms with Gasteiger partial charge in [-0.15, -0.1) is 0 Å². The molecule has 3 aromatic carbocycles. The molecule has 13 heteroatoms. The van der Waals surface area contributed by atoms with Crippen LogP contribution in [0.3, 0.4) is 0 Å². The van der Waals surface area contributed by atoms with E-state index in [0.717, 1.165) is 24.3 Å². The highest BCUT2D eigenvalue weighted by Gasteiger charge is 2.31. The predicted octanol–water partition coefficient (Wildman–Crippen LogP) is 6.51. The van der Waals surface area contributed by atoms with E-state index in [1.54, 1.807) is 0 Å². The maximum Gasteiger partial charge on any atom is 0.416 e. The molecule has 37 heavy (non-hydrogen) atoms. The molecule has 192 valence electrons. The van der Waals surface area contributed by atoms with Crippen LogP contribution < -0.4 is 10.0 Å². The van der Waals surface area contributed by atoms with Gasteiger partial charge in [-0.3, -0.25) is 9.52 Å². The van der Waals surface area contributed by atoms with Crippen LogP contribution in [0.25, 0.3) is 11.3 Å². The number of nitrogens with zero attached hydrogens (tertiary/aromatic N) is 1. The summed E-state index contributed by atoms with van der Waals surface area (Å²) < 4.78 is 86.1. The number of aryl methyl sites for hydroxylation is 1. The van der Waals surface area contributed by atoms with E-state index in [1.807, 2.05) is 0 Å². The molecule has 0 bridgehead atoms. The number of hydrogen-bond acceptors (Lipinski definition) is 5. The fourth-order valence-electron chi connectivity index (χ4n) is 3.44. The summed E-state index contributed by atoms with van der Waals surface area (Å²) in [6.45, 7) is 1.43. The molecule has 1 amide bonds. The minimum Gasteiger partial charge on any atom is -0.360 e. The van der Waals surface area contributed by atoms with E-state index in [-0.39, 0.29) is 43.9 Å². The number of carbonyl (C=O) groups excluding carboxylic acids is 1. The van der Waals surface area contributed by atoms with Crippen LogP contribution in [0.1, 0.15) is 21.7 Å². The second-order valence-electron chi connectivity index (χ2n) is 7.73. The highest BCUT2D eigenvalue weighted by Crippen LogP contribution is 2.34. The van der Waals surface area contributed by atoms with Gasteiger partial charge in [-0.05, 0) is 55.5 Å². The first-order chi connectivity index (χ1) is 17.4. The van der Waals surface area contributed by atoms with Crippen molar-refractivity contribution in [2.45, 2.75) is 18.0 Å². The average Bonchev–Trinajstić information content (AvgIpc) is 3.19. The van der Waals surface area contributed by atoms with E-state index in [9.17, 15) is 30.8 Å². The normalized spacial score (nSPS) is 11.8. The number of anilines is 2. The van der Waals surface area contributed by atoms with Gasteiger partial charge in [0.05, 0.1) is 21.0 Å². The van der Waals surface area contributed by atoms with Gasteiger partial charge in [0.1, 0.15) is 22.8 Å². The summed E-state index contributed by atoms with van der Waals surface area (Å²) in [6, 6.07) is 12.7. The lowest BCUT2D eigenvalue weighted by Gasteiger charge is -2.12. The van der Waals surface area contributed by atoms with Gasteiger partial charge in [-0.25, -0.2) is 12.8 Å². The Morgan fingerprint density at radius 3 is 2.38 bits per heavy atom. The summed E-state index contributed by atoms with van der Waals surface area (Å²) >= 11 is 6.09. The number of rotatable bonds is 6. The van der Waals surface area contributed by atoms with E-state index in [1.165, 1.54) is 43.3 Å². The zero-order chi connectivity index (χ0) is 27.0. The summed E-state index contributed by atoms with van der Waals surface area (Å²) in [4.78, 5) is 12.7. The number of alkyl halides is 3. The van der Waals surface area contributed by atoms with Crippen molar-refractivity contribution in [2.24, 2.45) is 0 Å². The maximum atomic E-state index is 14.4. The standard InChI is InChI=1S/C24H16ClF4N3O4S/c1-13-20(22(31-36-13)21-18(25)9-4-10-19(21)26)23(33)30-15-6-3-8-17(12-15)37(34,35)32-16-7-2-5-14(11-16)24(27,28)29/h2-12,32H,1H3,(H,30,33). The second-order valence-corrected chi connectivity index (χ2v) is 9.81. The molecule has 0 radical (unpaired) electrons. The lowest BCUT2D eigenvalue weighted by atomic mass is 10.0. The minimum absolute atomic E-state index is 0.00360. The molecule has 0 aliphatic carbocycles. The van der Waals surface area contributed by atoms with E-state index in [2.05, 4.69) is 15.2 Å². The van der Waals surface area contributed by atoms with Crippen LogP contribution in [0.4, 0.5) is 28.9 Å². The van der Waals surface area contributed by atoms with Crippen LogP contribution in [-0.4, -0.2) is 19.5 Å². The molecule has 0 spiro atoms. The molecule has 0 aliphatic heterocycles. The third-order valence-electron chi connectivity index (χ3n) is 5.13. The molecule has 0 fully saturated rings. The number of nitrogens with one attached hydrogen (secondary N) is 2. The molecule has 2 N–H and O–H groups in total. The third-order valence-corrected chi connectivity index (χ3v) is 6.83. The third kappa shape index (κ3) is 5.59. The topological polar surface area (TPSA) is 101 Å². The van der Waals surface area contributed by atoms with Crippen LogP contribution in [0.15, 0.2) is 76.1 Å². The van der Waals surface area contributed by atoms with Gasteiger partial charge in [-0.1, -0.05) is 35.0 Å². The maximum absolute atomic E-state index is 14.4. The number of halogens is 5. The zero-order valence-electron chi connectivity index (χ0n) is 18.7. The summed E-state index contributed by atoms with van der Waals surface area (Å²) in [5.74, 6) is -1.46. The Kier molecular flexibility index (Phi) is 6.98. The summed E-state index contributed by atoms with van der Waals surface area (Å²) in [5.41, 5.74) is -1.70. The predicted molar refractivity (Wildman–Crippen MR) is 128 cm³/mol. The van der Waals surface area contributed by atoms with Gasteiger partial charge in [-0.2, -0.15) is 13.2 Å². The second kappa shape index (κ2) is 9.87. The minimum atomic E-state index is -4.66. The number of amides is 1. The van der Waals surface area contributed by atoms with Gasteiger partial charge in [0.25, 0.3) is 15.9 Å². The zero-order valence-corrected chi connectivity index (χ0v) is 20.3. The van der Waals surface area contributed by atoms with Gasteiger partial charge in [0, 0.05) is 11.4 Å². The Hall–Kier alpha value is -3.90. The van der Waals surface area contributed by atoms with E-state index in [4.69, 9.17) is 16.1 Å². The molecule has 0 saturated heterocycles. The van der Waals surface area contributed by atoms with Gasteiger partial charge >= 0.3 is 6.18 Å².